The van der Waals surface area contributed by atoms with E-state index in [-0.39, 0.29) is 24.9 Å². The van der Waals surface area contributed by atoms with Crippen LogP contribution in [-0.4, -0.2) is 35.7 Å². The number of nitrogens with one attached hydrogen (secondary N) is 2. The number of aryl methyl sites for hydroxylation is 2. The Morgan fingerprint density at radius 2 is 1.71 bits per heavy atom. The van der Waals surface area contributed by atoms with E-state index in [4.69, 9.17) is 0 Å². The molecule has 0 spiro atoms. The fourth-order valence-electron chi connectivity index (χ4n) is 4.63. The Bertz CT molecular complexity index is 1250. The van der Waals surface area contributed by atoms with E-state index >= 15 is 0 Å². The molecule has 2 unspecified atom stereocenters. The van der Waals surface area contributed by atoms with E-state index < -0.39 is 29.8 Å². The number of aliphatic hydroxyl groups excluding tert-OH is 1. The van der Waals surface area contributed by atoms with Gasteiger partial charge in [0.05, 0.1) is 18.2 Å². The molecule has 4 atom stereocenters. The zero-order chi connectivity index (χ0) is 27.1. The minimum Gasteiger partial charge on any atom is -0.390 e. The molecule has 1 aliphatic heterocycles. The maximum Gasteiger partial charge on any atom is 0.247 e. The van der Waals surface area contributed by atoms with Gasteiger partial charge in [0.15, 0.2) is 6.04 Å². The first-order chi connectivity index (χ1) is 18.3. The Morgan fingerprint density at radius 1 is 1.00 bits per heavy atom. The molecule has 0 aromatic heterocycles. The highest BCUT2D eigenvalue weighted by molar-refractivity contribution is 5.82. The number of hydrogen-bond acceptors (Lipinski definition) is 5. The van der Waals surface area contributed by atoms with Crippen LogP contribution in [0.1, 0.15) is 47.2 Å². The number of aliphatic hydroxyl groups is 1. The topological polar surface area (TPSA) is 86.1 Å². The molecule has 3 N–H and O–H groups in total. The van der Waals surface area contributed by atoms with Crippen LogP contribution in [-0.2, 0) is 24.2 Å². The van der Waals surface area contributed by atoms with Crippen LogP contribution in [0.5, 0.6) is 0 Å². The van der Waals surface area contributed by atoms with Crippen LogP contribution >= 0.6 is 0 Å². The molecule has 4 rings (SSSR count). The summed E-state index contributed by atoms with van der Waals surface area (Å²) in [7, 11) is 0. The van der Waals surface area contributed by atoms with Gasteiger partial charge in [-0.15, -0.1) is 0 Å². The summed E-state index contributed by atoms with van der Waals surface area (Å²) in [6.07, 6.45) is 0.391. The molecule has 200 valence electrons. The summed E-state index contributed by atoms with van der Waals surface area (Å²) in [5.41, 5.74) is 4.76. The summed E-state index contributed by atoms with van der Waals surface area (Å²) in [6.45, 7) is 4.81. The van der Waals surface area contributed by atoms with E-state index in [1.165, 1.54) is 17.7 Å². The van der Waals surface area contributed by atoms with Crippen LogP contribution in [0.3, 0.4) is 0 Å². The molecule has 0 fully saturated rings. The number of carbonyl (C=O) groups excluding carboxylic acids is 1. The van der Waals surface area contributed by atoms with Gasteiger partial charge in [-0.2, -0.15) is 10.2 Å². The Balaban J connectivity index is 1.41. The first-order valence-corrected chi connectivity index (χ1v) is 13.0. The molecule has 8 heteroatoms. The number of halogens is 2. The molecule has 0 saturated carbocycles. The molecule has 1 amide bonds. The van der Waals surface area contributed by atoms with Crippen molar-refractivity contribution >= 4 is 5.91 Å². The molecular formula is C30H34F2N4O2. The van der Waals surface area contributed by atoms with E-state index in [9.17, 15) is 18.7 Å². The molecule has 38 heavy (non-hydrogen) atoms. The second-order valence-corrected chi connectivity index (χ2v) is 9.88. The first kappa shape index (κ1) is 27.5. The number of hydrogen-bond donors (Lipinski definition) is 3. The van der Waals surface area contributed by atoms with Crippen molar-refractivity contribution in [1.29, 1.82) is 0 Å². The van der Waals surface area contributed by atoms with Gasteiger partial charge in [-0.05, 0) is 54.2 Å². The predicted octanol–water partition coefficient (Wildman–Crippen LogP) is 4.98. The second-order valence-electron chi connectivity index (χ2n) is 9.88. The standard InChI is InChI=1S/C30H34F2N4O2/c1-3-20-5-4-6-21(11-20)17-33-18-29(37)27(14-22-12-24(31)15-25(32)13-22)34-30(38)28-16-26(35-36-28)23-9-7-19(2)8-10-23/h4-13,15,26-29,33,37H,3,14,16-18H2,1-2H3,(H,34,38)/t26?,27-,28?,29+/m1/s1. The van der Waals surface area contributed by atoms with Crippen LogP contribution in [0.4, 0.5) is 8.78 Å². The Morgan fingerprint density at radius 3 is 2.42 bits per heavy atom. The van der Waals surface area contributed by atoms with Gasteiger partial charge in [0, 0.05) is 25.6 Å². The van der Waals surface area contributed by atoms with Gasteiger partial charge in [0.2, 0.25) is 5.91 Å². The monoisotopic (exact) mass is 520 g/mol. The van der Waals surface area contributed by atoms with E-state index in [1.54, 1.807) is 0 Å². The average molecular weight is 521 g/mol. The van der Waals surface area contributed by atoms with Gasteiger partial charge in [-0.3, -0.25) is 4.79 Å². The predicted molar refractivity (Wildman–Crippen MR) is 143 cm³/mol. The minimum atomic E-state index is -1.01. The van der Waals surface area contributed by atoms with Crippen molar-refractivity contribution in [2.45, 2.75) is 63.9 Å². The summed E-state index contributed by atoms with van der Waals surface area (Å²) in [4.78, 5) is 13.1. The highest BCUT2D eigenvalue weighted by atomic mass is 19.1. The zero-order valence-electron chi connectivity index (χ0n) is 21.7. The molecule has 0 radical (unpaired) electrons. The summed E-state index contributed by atoms with van der Waals surface area (Å²) in [5, 5.41) is 25.6. The van der Waals surface area contributed by atoms with Gasteiger partial charge in [-0.25, -0.2) is 8.78 Å². The molecule has 1 aliphatic rings. The number of rotatable bonds is 11. The molecule has 0 bridgehead atoms. The molecule has 1 heterocycles. The fraction of sp³-hybridized carbons (Fsp3) is 0.367. The largest absolute Gasteiger partial charge is 0.390 e. The lowest BCUT2D eigenvalue weighted by Gasteiger charge is -2.26. The van der Waals surface area contributed by atoms with E-state index in [0.717, 1.165) is 29.2 Å². The Kier molecular flexibility index (Phi) is 9.31. The summed E-state index contributed by atoms with van der Waals surface area (Å²) >= 11 is 0. The quantitative estimate of drug-likeness (QED) is 0.333. The SMILES string of the molecule is CCc1cccc(CNC[C@H](O)[C@@H](Cc2cc(F)cc(F)c2)NC(=O)C2CC(c3ccc(C)cc3)N=N2)c1. The van der Waals surface area contributed by atoms with Crippen molar-refractivity contribution in [3.05, 3.63) is 106 Å². The van der Waals surface area contributed by atoms with Crippen molar-refractivity contribution in [2.75, 3.05) is 6.54 Å². The maximum atomic E-state index is 13.8. The maximum absolute atomic E-state index is 13.8. The third-order valence-corrected chi connectivity index (χ3v) is 6.81. The van der Waals surface area contributed by atoms with Gasteiger partial charge in [0.1, 0.15) is 11.6 Å². The van der Waals surface area contributed by atoms with Gasteiger partial charge in [0.25, 0.3) is 0 Å². The fourth-order valence-corrected chi connectivity index (χ4v) is 4.63. The average Bonchev–Trinajstić information content (AvgIpc) is 3.39. The minimum absolute atomic E-state index is 0.0554. The lowest BCUT2D eigenvalue weighted by Crippen LogP contribution is -2.50. The highest BCUT2D eigenvalue weighted by Gasteiger charge is 2.32. The molecule has 0 saturated heterocycles. The summed E-state index contributed by atoms with van der Waals surface area (Å²) in [5.74, 6) is -1.79. The normalized spacial score (nSPS) is 18.3. The van der Waals surface area contributed by atoms with E-state index in [2.05, 4.69) is 39.9 Å². The van der Waals surface area contributed by atoms with Crippen LogP contribution in [0.15, 0.2) is 77.0 Å². The van der Waals surface area contributed by atoms with Gasteiger partial charge < -0.3 is 15.7 Å². The first-order valence-electron chi connectivity index (χ1n) is 13.0. The van der Waals surface area contributed by atoms with Crippen LogP contribution in [0.25, 0.3) is 0 Å². The summed E-state index contributed by atoms with van der Waals surface area (Å²) < 4.78 is 27.7. The molecule has 6 nitrogen and oxygen atoms in total. The third kappa shape index (κ3) is 7.52. The van der Waals surface area contributed by atoms with E-state index in [1.807, 2.05) is 43.3 Å². The smallest absolute Gasteiger partial charge is 0.247 e. The van der Waals surface area contributed by atoms with Crippen molar-refractivity contribution in [2.24, 2.45) is 10.2 Å². The Hall–Kier alpha value is -3.49. The van der Waals surface area contributed by atoms with Crippen molar-refractivity contribution in [3.63, 3.8) is 0 Å². The lowest BCUT2D eigenvalue weighted by molar-refractivity contribution is -0.123. The van der Waals surface area contributed by atoms with Gasteiger partial charge >= 0.3 is 0 Å². The van der Waals surface area contributed by atoms with Crippen LogP contribution < -0.4 is 10.6 Å². The highest BCUT2D eigenvalue weighted by Crippen LogP contribution is 2.30. The van der Waals surface area contributed by atoms with Crippen molar-refractivity contribution in [1.82, 2.24) is 10.6 Å². The third-order valence-electron chi connectivity index (χ3n) is 6.81. The van der Waals surface area contributed by atoms with Gasteiger partial charge in [-0.1, -0.05) is 61.0 Å². The molecule has 3 aromatic rings. The number of amides is 1. The molecular weight excluding hydrogens is 486 g/mol. The molecule has 3 aromatic carbocycles. The Labute approximate surface area is 222 Å². The molecule has 0 aliphatic carbocycles. The second kappa shape index (κ2) is 12.8. The van der Waals surface area contributed by atoms with Crippen LogP contribution in [0, 0.1) is 18.6 Å². The van der Waals surface area contributed by atoms with Crippen molar-refractivity contribution in [3.8, 4) is 0 Å². The van der Waals surface area contributed by atoms with E-state index in [0.29, 0.717) is 18.5 Å². The van der Waals surface area contributed by atoms with Crippen LogP contribution in [0.2, 0.25) is 0 Å². The zero-order valence-corrected chi connectivity index (χ0v) is 21.7. The lowest BCUT2D eigenvalue weighted by atomic mass is 9.98. The number of nitrogens with zero attached hydrogens (tertiary/aromatic N) is 2. The number of azo groups is 1. The summed E-state index contributed by atoms with van der Waals surface area (Å²) in [6, 6.07) is 17.6. The number of carbonyl (C=O) groups is 1. The number of benzene rings is 3. The van der Waals surface area contributed by atoms with Crippen molar-refractivity contribution < 1.29 is 18.7 Å².